The second-order valence-corrected chi connectivity index (χ2v) is 5.00. The van der Waals surface area contributed by atoms with E-state index in [1.54, 1.807) is 0 Å². The third-order valence-corrected chi connectivity index (χ3v) is 3.60. The van der Waals surface area contributed by atoms with E-state index in [9.17, 15) is 5.26 Å². The van der Waals surface area contributed by atoms with Crippen LogP contribution in [0.15, 0.2) is 80.6 Å². The van der Waals surface area contributed by atoms with Gasteiger partial charge in [-0.3, -0.25) is 4.90 Å². The highest BCUT2D eigenvalue weighted by Crippen LogP contribution is 2.28. The van der Waals surface area contributed by atoms with Crippen LogP contribution in [0.2, 0.25) is 0 Å². The predicted molar refractivity (Wildman–Crippen MR) is 85.2 cm³/mol. The summed E-state index contributed by atoms with van der Waals surface area (Å²) < 4.78 is 0. The molecule has 0 aliphatic carbocycles. The molecule has 0 N–H and O–H groups in total. The molecule has 0 radical (unpaired) electrons. The monoisotopic (exact) mass is 285 g/mol. The number of aliphatic imine (C=N–C) groups is 3. The molecule has 0 atom stereocenters. The number of nitriles is 1. The number of allylic oxidation sites excluding steroid dienone is 3. The molecule has 0 unspecified atom stereocenters. The lowest BCUT2D eigenvalue weighted by Gasteiger charge is -2.33. The Balaban J connectivity index is 1.95. The topological polar surface area (TPSA) is 64.1 Å². The fourth-order valence-corrected chi connectivity index (χ4v) is 2.57. The van der Waals surface area contributed by atoms with Gasteiger partial charge in [-0.1, -0.05) is 36.4 Å². The molecule has 104 valence electrons. The average Bonchev–Trinajstić information content (AvgIpc) is 2.56. The maximum absolute atomic E-state index is 9.46. The summed E-state index contributed by atoms with van der Waals surface area (Å²) in [7, 11) is 0. The molecule has 1 aromatic carbocycles. The fourth-order valence-electron chi connectivity index (χ4n) is 2.57. The summed E-state index contributed by atoms with van der Waals surface area (Å²) in [4.78, 5) is 15.5. The molecule has 0 aromatic heterocycles. The van der Waals surface area contributed by atoms with Gasteiger partial charge in [-0.2, -0.15) is 5.26 Å². The van der Waals surface area contributed by atoms with Crippen LogP contribution in [-0.4, -0.2) is 22.4 Å². The van der Waals surface area contributed by atoms with Crippen LogP contribution in [0.1, 0.15) is 12.5 Å². The van der Waals surface area contributed by atoms with Crippen LogP contribution >= 0.6 is 0 Å². The summed E-state index contributed by atoms with van der Waals surface area (Å²) in [5.74, 6) is 2.67. The van der Waals surface area contributed by atoms with Gasteiger partial charge in [-0.05, 0) is 19.1 Å². The van der Waals surface area contributed by atoms with Crippen LogP contribution in [-0.2, 0) is 0 Å². The summed E-state index contributed by atoms with van der Waals surface area (Å²) in [6, 6.07) is 12.0. The van der Waals surface area contributed by atoms with Gasteiger partial charge in [0.25, 0.3) is 0 Å². The average molecular weight is 285 g/mol. The molecule has 0 saturated heterocycles. The van der Waals surface area contributed by atoms with Crippen LogP contribution < -0.4 is 0 Å². The minimum atomic E-state index is 0.480. The lowest BCUT2D eigenvalue weighted by atomic mass is 10.1. The van der Waals surface area contributed by atoms with Gasteiger partial charge in [0.05, 0.1) is 5.70 Å². The van der Waals surface area contributed by atoms with Crippen molar-refractivity contribution in [3.63, 3.8) is 0 Å². The minimum Gasteiger partial charge on any atom is -0.261 e. The molecule has 5 heteroatoms. The number of amidine groups is 3. The standard InChI is InChI=1S/C17H11N5/c1-11-13(10-18)17-21-16(12-6-3-2-4-7-12)20-15-9-5-8-14(19-11)22(15)17/h2-9H,1H3. The second kappa shape index (κ2) is 4.64. The third kappa shape index (κ3) is 1.75. The maximum Gasteiger partial charge on any atom is 0.163 e. The van der Waals surface area contributed by atoms with Gasteiger partial charge in [0, 0.05) is 5.56 Å². The smallest absolute Gasteiger partial charge is 0.163 e. The zero-order chi connectivity index (χ0) is 15.1. The molecule has 3 aliphatic heterocycles. The Labute approximate surface area is 127 Å². The molecule has 0 fully saturated rings. The van der Waals surface area contributed by atoms with Crippen molar-refractivity contribution < 1.29 is 0 Å². The zero-order valence-electron chi connectivity index (χ0n) is 11.9. The molecule has 0 amide bonds. The molecule has 5 nitrogen and oxygen atoms in total. The first-order chi connectivity index (χ1) is 10.8. The van der Waals surface area contributed by atoms with E-state index in [4.69, 9.17) is 0 Å². The third-order valence-electron chi connectivity index (χ3n) is 3.60. The van der Waals surface area contributed by atoms with Crippen molar-refractivity contribution in [3.05, 3.63) is 71.2 Å². The summed E-state index contributed by atoms with van der Waals surface area (Å²) in [5.41, 5.74) is 2.07. The van der Waals surface area contributed by atoms with Gasteiger partial charge in [0.15, 0.2) is 11.7 Å². The van der Waals surface area contributed by atoms with E-state index in [0.29, 0.717) is 22.9 Å². The summed E-state index contributed by atoms with van der Waals surface area (Å²) in [5, 5.41) is 9.46. The largest absolute Gasteiger partial charge is 0.261 e. The number of hydrogen-bond acceptors (Lipinski definition) is 5. The Kier molecular flexibility index (Phi) is 2.63. The van der Waals surface area contributed by atoms with E-state index in [-0.39, 0.29) is 0 Å². The molecular formula is C17H11N5. The van der Waals surface area contributed by atoms with Gasteiger partial charge < -0.3 is 0 Å². The molecule has 1 aromatic rings. The molecule has 3 heterocycles. The molecule has 4 rings (SSSR count). The van der Waals surface area contributed by atoms with Crippen molar-refractivity contribution in [2.24, 2.45) is 15.0 Å². The summed E-state index contributed by atoms with van der Waals surface area (Å²) >= 11 is 0. The van der Waals surface area contributed by atoms with Crippen molar-refractivity contribution in [1.82, 2.24) is 4.90 Å². The van der Waals surface area contributed by atoms with E-state index in [2.05, 4.69) is 21.0 Å². The SMILES string of the molecule is CC1=C(C#N)C2=NC(c3ccccc3)=NC3=CC=CC(=N1)N32. The zero-order valence-corrected chi connectivity index (χ0v) is 11.9. The van der Waals surface area contributed by atoms with Gasteiger partial charge in [-0.25, -0.2) is 15.0 Å². The molecule has 0 spiro atoms. The van der Waals surface area contributed by atoms with Crippen LogP contribution in [0.5, 0.6) is 0 Å². The van der Waals surface area contributed by atoms with Gasteiger partial charge in [0.2, 0.25) is 0 Å². The number of hydrogen-bond donors (Lipinski definition) is 0. The van der Waals surface area contributed by atoms with Crippen molar-refractivity contribution in [3.8, 4) is 6.07 Å². The summed E-state index contributed by atoms with van der Waals surface area (Å²) in [6.45, 7) is 1.82. The highest BCUT2D eigenvalue weighted by molar-refractivity contribution is 6.24. The van der Waals surface area contributed by atoms with E-state index in [0.717, 1.165) is 17.2 Å². The second-order valence-electron chi connectivity index (χ2n) is 5.00. The van der Waals surface area contributed by atoms with Crippen molar-refractivity contribution >= 4 is 17.5 Å². The van der Waals surface area contributed by atoms with Crippen molar-refractivity contribution in [1.29, 1.82) is 5.26 Å². The molecule has 0 saturated carbocycles. The number of rotatable bonds is 1. The number of nitrogens with zero attached hydrogens (tertiary/aromatic N) is 5. The first kappa shape index (κ1) is 12.5. The Morgan fingerprint density at radius 1 is 1.09 bits per heavy atom. The Bertz CT molecular complexity index is 889. The van der Waals surface area contributed by atoms with E-state index >= 15 is 0 Å². The van der Waals surface area contributed by atoms with Gasteiger partial charge >= 0.3 is 0 Å². The van der Waals surface area contributed by atoms with Crippen molar-refractivity contribution in [2.45, 2.75) is 6.92 Å². The molecule has 3 aliphatic rings. The lowest BCUT2D eigenvalue weighted by Crippen LogP contribution is -2.42. The highest BCUT2D eigenvalue weighted by Gasteiger charge is 2.33. The number of benzene rings is 1. The Morgan fingerprint density at radius 3 is 2.68 bits per heavy atom. The molecule has 22 heavy (non-hydrogen) atoms. The summed E-state index contributed by atoms with van der Waals surface area (Å²) in [6.07, 6.45) is 5.69. The lowest BCUT2D eigenvalue weighted by molar-refractivity contribution is 0.715. The highest BCUT2D eigenvalue weighted by atomic mass is 15.3. The van der Waals surface area contributed by atoms with E-state index < -0.39 is 0 Å². The van der Waals surface area contributed by atoms with Crippen molar-refractivity contribution in [2.75, 3.05) is 0 Å². The van der Waals surface area contributed by atoms with Crippen LogP contribution in [0.25, 0.3) is 0 Å². The Morgan fingerprint density at radius 2 is 1.91 bits per heavy atom. The van der Waals surface area contributed by atoms with Gasteiger partial charge in [0.1, 0.15) is 23.3 Å². The van der Waals surface area contributed by atoms with Gasteiger partial charge in [-0.15, -0.1) is 0 Å². The quantitative estimate of drug-likeness (QED) is 0.796. The maximum atomic E-state index is 9.46. The fraction of sp³-hybridized carbons (Fsp3) is 0.0588. The normalized spacial score (nSPS) is 18.8. The van der Waals surface area contributed by atoms with Crippen LogP contribution in [0.4, 0.5) is 0 Å². The Hall–Kier alpha value is -3.26. The van der Waals surface area contributed by atoms with E-state index in [1.165, 1.54) is 0 Å². The van der Waals surface area contributed by atoms with E-state index in [1.807, 2.05) is 60.4 Å². The first-order valence-corrected chi connectivity index (χ1v) is 6.89. The van der Waals surface area contributed by atoms with Crippen LogP contribution in [0.3, 0.4) is 0 Å². The minimum absolute atomic E-state index is 0.480. The first-order valence-electron chi connectivity index (χ1n) is 6.89. The predicted octanol–water partition coefficient (Wildman–Crippen LogP) is 2.77. The molecule has 0 bridgehead atoms. The molecular weight excluding hydrogens is 274 g/mol. The van der Waals surface area contributed by atoms with Crippen LogP contribution in [0, 0.1) is 11.3 Å².